The molecule has 1 aromatic heterocycles. The molecular weight excluding hydrogens is 466 g/mol. The maximum Gasteiger partial charge on any atom is 0.387 e. The number of nitrogens with zero attached hydrogens (tertiary/aromatic N) is 3. The van der Waals surface area contributed by atoms with Gasteiger partial charge in [0.2, 0.25) is 0 Å². The van der Waals surface area contributed by atoms with Crippen LogP contribution in [-0.2, 0) is 0 Å². The molecule has 0 aliphatic rings. The van der Waals surface area contributed by atoms with E-state index in [0.29, 0.717) is 29.3 Å². The number of halogens is 2. The molecule has 4 aromatic rings. The normalized spacial score (nSPS) is 11.5. The summed E-state index contributed by atoms with van der Waals surface area (Å²) in [5, 5.41) is 28.2. The van der Waals surface area contributed by atoms with E-state index < -0.39 is 12.6 Å². The van der Waals surface area contributed by atoms with E-state index in [0.717, 1.165) is 16.3 Å². The number of fused-ring (bicyclic) bond motifs is 1. The van der Waals surface area contributed by atoms with Crippen molar-refractivity contribution in [2.75, 3.05) is 17.2 Å². The topological polar surface area (TPSA) is 112 Å². The lowest BCUT2D eigenvalue weighted by Crippen LogP contribution is -2.40. The number of ether oxygens (including phenoxy) is 1. The summed E-state index contributed by atoms with van der Waals surface area (Å²) >= 11 is 0. The monoisotopic (exact) mass is 488 g/mol. The van der Waals surface area contributed by atoms with Crippen LogP contribution >= 0.6 is 0 Å². The molecule has 1 heterocycles. The summed E-state index contributed by atoms with van der Waals surface area (Å²) < 4.78 is 28.8. The first-order chi connectivity index (χ1) is 17.4. The summed E-state index contributed by atoms with van der Waals surface area (Å²) in [5.41, 5.74) is 2.56. The maximum absolute atomic E-state index is 12.3. The number of nitrogens with one attached hydrogen (secondary N) is 3. The van der Waals surface area contributed by atoms with Crippen LogP contribution in [0, 0.1) is 11.3 Å². The van der Waals surface area contributed by atoms with Crippen molar-refractivity contribution in [2.24, 2.45) is 0 Å². The summed E-state index contributed by atoms with van der Waals surface area (Å²) in [7, 11) is 0. The second-order valence-electron chi connectivity index (χ2n) is 7.92. The van der Waals surface area contributed by atoms with E-state index in [1.807, 2.05) is 43.3 Å². The Morgan fingerprint density at radius 3 is 2.36 bits per heavy atom. The molecule has 0 radical (unpaired) electrons. The van der Waals surface area contributed by atoms with Gasteiger partial charge in [0.1, 0.15) is 11.4 Å². The van der Waals surface area contributed by atoms with Crippen LogP contribution in [0.15, 0.2) is 72.8 Å². The summed E-state index contributed by atoms with van der Waals surface area (Å²) in [5.74, 6) is 0.582. The van der Waals surface area contributed by atoms with Crippen molar-refractivity contribution < 1.29 is 18.3 Å². The number of urea groups is 1. The van der Waals surface area contributed by atoms with E-state index in [2.05, 4.69) is 37.0 Å². The number of benzene rings is 3. The number of carbonyl (C=O) groups is 1. The average molecular weight is 488 g/mol. The van der Waals surface area contributed by atoms with Crippen molar-refractivity contribution in [3.63, 3.8) is 0 Å². The molecule has 4 rings (SSSR count). The quantitative estimate of drug-likeness (QED) is 0.307. The lowest BCUT2D eigenvalue weighted by Gasteiger charge is -2.17. The molecule has 2 amide bonds. The van der Waals surface area contributed by atoms with Crippen LogP contribution in [0.1, 0.15) is 12.5 Å². The predicted molar refractivity (Wildman–Crippen MR) is 133 cm³/mol. The molecule has 36 heavy (non-hydrogen) atoms. The van der Waals surface area contributed by atoms with Crippen LogP contribution in [0.4, 0.5) is 25.1 Å². The number of amides is 2. The lowest BCUT2D eigenvalue weighted by atomic mass is 10.0. The van der Waals surface area contributed by atoms with Crippen LogP contribution in [0.25, 0.3) is 22.0 Å². The van der Waals surface area contributed by atoms with Gasteiger partial charge in [-0.2, -0.15) is 14.0 Å². The van der Waals surface area contributed by atoms with Gasteiger partial charge in [-0.15, -0.1) is 10.2 Å². The Hall–Kier alpha value is -4.78. The van der Waals surface area contributed by atoms with Gasteiger partial charge < -0.3 is 20.7 Å². The number of hydrogen-bond acceptors (Lipinski definition) is 6. The van der Waals surface area contributed by atoms with Crippen LogP contribution < -0.4 is 20.7 Å². The number of carbonyl (C=O) groups excluding carboxylic acids is 1. The molecular formula is C26H22F2N6O2. The minimum absolute atomic E-state index is 0.00654. The molecule has 0 saturated carbocycles. The highest BCUT2D eigenvalue weighted by Crippen LogP contribution is 2.29. The summed E-state index contributed by atoms with van der Waals surface area (Å²) in [4.78, 5) is 12.3. The van der Waals surface area contributed by atoms with Crippen molar-refractivity contribution in [1.29, 1.82) is 5.26 Å². The minimum Gasteiger partial charge on any atom is -0.435 e. The van der Waals surface area contributed by atoms with Gasteiger partial charge in [0.15, 0.2) is 5.82 Å². The smallest absolute Gasteiger partial charge is 0.387 e. The van der Waals surface area contributed by atoms with Crippen LogP contribution in [0.2, 0.25) is 0 Å². The Morgan fingerprint density at radius 2 is 1.69 bits per heavy atom. The average Bonchev–Trinajstić information content (AvgIpc) is 2.88. The second-order valence-corrected chi connectivity index (χ2v) is 7.92. The molecule has 0 unspecified atom stereocenters. The van der Waals surface area contributed by atoms with Gasteiger partial charge in [0, 0.05) is 34.6 Å². The highest BCUT2D eigenvalue weighted by molar-refractivity contribution is 6.00. The second kappa shape index (κ2) is 11.1. The molecule has 3 N–H and O–H groups in total. The van der Waals surface area contributed by atoms with Gasteiger partial charge >= 0.3 is 12.6 Å². The molecule has 0 aliphatic heterocycles. The Morgan fingerprint density at radius 1 is 1.00 bits per heavy atom. The fourth-order valence-corrected chi connectivity index (χ4v) is 3.56. The predicted octanol–water partition coefficient (Wildman–Crippen LogP) is 5.39. The van der Waals surface area contributed by atoms with E-state index >= 15 is 0 Å². The largest absolute Gasteiger partial charge is 0.435 e. The maximum atomic E-state index is 12.3. The third kappa shape index (κ3) is 6.01. The van der Waals surface area contributed by atoms with Gasteiger partial charge in [-0.05, 0) is 43.3 Å². The van der Waals surface area contributed by atoms with Crippen LogP contribution in [-0.4, -0.2) is 35.4 Å². The van der Waals surface area contributed by atoms with Crippen molar-refractivity contribution >= 4 is 28.3 Å². The molecule has 1 atom stereocenters. The minimum atomic E-state index is -2.91. The van der Waals surface area contributed by atoms with Gasteiger partial charge in [-0.25, -0.2) is 4.79 Å². The summed E-state index contributed by atoms with van der Waals surface area (Å²) in [6.45, 7) is -0.703. The van der Waals surface area contributed by atoms with Gasteiger partial charge in [-0.3, -0.25) is 0 Å². The number of nitriles is 1. The number of anilines is 2. The highest BCUT2D eigenvalue weighted by atomic mass is 19.3. The molecule has 3 aromatic carbocycles. The summed E-state index contributed by atoms with van der Waals surface area (Å²) in [6, 6.07) is 21.9. The molecule has 8 nitrogen and oxygen atoms in total. The molecule has 182 valence electrons. The Labute approximate surface area is 205 Å². The van der Waals surface area contributed by atoms with Crippen molar-refractivity contribution in [3.8, 4) is 23.1 Å². The van der Waals surface area contributed by atoms with E-state index in [1.165, 1.54) is 24.3 Å². The van der Waals surface area contributed by atoms with Crippen molar-refractivity contribution in [1.82, 2.24) is 15.5 Å². The van der Waals surface area contributed by atoms with Gasteiger partial charge in [-0.1, -0.05) is 36.4 Å². The molecule has 10 heteroatoms. The number of alkyl halides is 2. The molecule has 0 bridgehead atoms. The van der Waals surface area contributed by atoms with E-state index in [9.17, 15) is 13.6 Å². The van der Waals surface area contributed by atoms with Crippen LogP contribution in [0.3, 0.4) is 0 Å². The Balaban J connectivity index is 1.39. The molecule has 0 aliphatic carbocycles. The first-order valence-corrected chi connectivity index (χ1v) is 11.0. The fourth-order valence-electron chi connectivity index (χ4n) is 3.56. The number of rotatable bonds is 8. The molecule has 0 spiro atoms. The van der Waals surface area contributed by atoms with Crippen LogP contribution in [0.5, 0.6) is 5.75 Å². The van der Waals surface area contributed by atoms with Gasteiger partial charge in [0.05, 0.1) is 11.6 Å². The zero-order chi connectivity index (χ0) is 25.5. The summed E-state index contributed by atoms with van der Waals surface area (Å²) in [6.07, 6.45) is 0. The Kier molecular flexibility index (Phi) is 7.51. The number of hydrogen-bond donors (Lipinski definition) is 3. The molecule has 0 saturated heterocycles. The SMILES string of the molecule is C[C@@H](CNc1nnc(-c2ccc(C#N)cc2)c2ccccc12)NC(=O)Nc1ccc(OC(F)F)cc1. The van der Waals surface area contributed by atoms with E-state index in [4.69, 9.17) is 5.26 Å². The lowest BCUT2D eigenvalue weighted by molar-refractivity contribution is -0.0498. The molecule has 0 fully saturated rings. The number of aromatic nitrogens is 2. The Bertz CT molecular complexity index is 1390. The first-order valence-electron chi connectivity index (χ1n) is 11.0. The first kappa shape index (κ1) is 24.3. The van der Waals surface area contributed by atoms with Crippen molar-refractivity contribution in [3.05, 3.63) is 78.4 Å². The fraction of sp³-hybridized carbons (Fsp3) is 0.154. The highest BCUT2D eigenvalue weighted by Gasteiger charge is 2.13. The van der Waals surface area contributed by atoms with Crippen molar-refractivity contribution in [2.45, 2.75) is 19.6 Å². The zero-order valence-electron chi connectivity index (χ0n) is 19.2. The van der Waals surface area contributed by atoms with E-state index in [-0.39, 0.29) is 11.8 Å². The van der Waals surface area contributed by atoms with E-state index in [1.54, 1.807) is 12.1 Å². The zero-order valence-corrected chi connectivity index (χ0v) is 19.2. The van der Waals surface area contributed by atoms with Gasteiger partial charge in [0.25, 0.3) is 0 Å². The third-order valence-electron chi connectivity index (χ3n) is 5.27. The standard InChI is InChI=1S/C26H22F2N6O2/c1-16(31-26(35)32-19-10-12-20(13-11-19)36-25(27)28)15-30-24-22-5-3-2-4-21(22)23(33-34-24)18-8-6-17(14-29)7-9-18/h2-13,16,25H,15H2,1H3,(H,30,34)(H2,31,32,35)/t16-/m0/s1. The third-order valence-corrected chi connectivity index (χ3v) is 5.27.